The number of rotatable bonds is 3. The third kappa shape index (κ3) is 2.08. The fourth-order valence-electron chi connectivity index (χ4n) is 2.63. The number of ether oxygens (including phenoxy) is 1. The van der Waals surface area contributed by atoms with E-state index in [-0.39, 0.29) is 0 Å². The molecule has 1 N–H and O–H groups in total. The molecule has 4 nitrogen and oxygen atoms in total. The van der Waals surface area contributed by atoms with Gasteiger partial charge in [0.25, 0.3) is 0 Å². The predicted octanol–water partition coefficient (Wildman–Crippen LogP) is 2.36. The Kier molecular flexibility index (Phi) is 3.19. The summed E-state index contributed by atoms with van der Waals surface area (Å²) < 4.78 is 7.69. The average molecular weight is 245 g/mol. The van der Waals surface area contributed by atoms with Crippen LogP contribution < -0.4 is 10.1 Å². The van der Waals surface area contributed by atoms with Crippen molar-refractivity contribution in [1.29, 1.82) is 0 Å². The molecule has 1 fully saturated rings. The van der Waals surface area contributed by atoms with Crippen molar-refractivity contribution in [3.05, 3.63) is 24.4 Å². The van der Waals surface area contributed by atoms with Gasteiger partial charge in [-0.3, -0.25) is 4.68 Å². The predicted molar refractivity (Wildman–Crippen MR) is 72.0 cm³/mol. The first-order valence-electron chi connectivity index (χ1n) is 6.69. The van der Waals surface area contributed by atoms with E-state index in [9.17, 15) is 0 Å². The minimum Gasteiger partial charge on any atom is -0.494 e. The van der Waals surface area contributed by atoms with E-state index in [1.54, 1.807) is 0 Å². The van der Waals surface area contributed by atoms with Crippen molar-refractivity contribution in [3.8, 4) is 5.75 Å². The third-order valence-electron chi connectivity index (χ3n) is 3.53. The third-order valence-corrected chi connectivity index (χ3v) is 3.53. The zero-order chi connectivity index (χ0) is 12.4. The van der Waals surface area contributed by atoms with Gasteiger partial charge < -0.3 is 10.1 Å². The average Bonchev–Trinajstić information content (AvgIpc) is 2.83. The molecule has 2 heterocycles. The highest BCUT2D eigenvalue weighted by Crippen LogP contribution is 2.26. The van der Waals surface area contributed by atoms with Crippen LogP contribution in [0.3, 0.4) is 0 Å². The van der Waals surface area contributed by atoms with Crippen molar-refractivity contribution in [1.82, 2.24) is 15.1 Å². The van der Waals surface area contributed by atoms with Crippen LogP contribution in [0.15, 0.2) is 24.4 Å². The largest absolute Gasteiger partial charge is 0.494 e. The first-order chi connectivity index (χ1) is 8.88. The Hall–Kier alpha value is -1.55. The van der Waals surface area contributed by atoms with Crippen LogP contribution in [0.25, 0.3) is 10.9 Å². The Balaban J connectivity index is 1.93. The molecule has 4 heteroatoms. The van der Waals surface area contributed by atoms with Gasteiger partial charge in [-0.25, -0.2) is 0 Å². The minimum atomic E-state index is 0.529. The number of fused-ring (bicyclic) bond motifs is 1. The SMILES string of the molecule is CCOc1ccc2c(cnn2C2CCNCC2)c1. The van der Waals surface area contributed by atoms with Gasteiger partial charge >= 0.3 is 0 Å². The molecule has 0 spiro atoms. The van der Waals surface area contributed by atoms with Crippen LogP contribution in [0.2, 0.25) is 0 Å². The van der Waals surface area contributed by atoms with Crippen molar-refractivity contribution in [2.75, 3.05) is 19.7 Å². The zero-order valence-corrected chi connectivity index (χ0v) is 10.7. The second-order valence-corrected chi connectivity index (χ2v) is 4.72. The van der Waals surface area contributed by atoms with Gasteiger partial charge in [0.1, 0.15) is 5.75 Å². The van der Waals surface area contributed by atoms with Gasteiger partial charge in [0.15, 0.2) is 0 Å². The van der Waals surface area contributed by atoms with Gasteiger partial charge in [-0.05, 0) is 51.1 Å². The molecule has 0 unspecified atom stereocenters. The molecule has 18 heavy (non-hydrogen) atoms. The monoisotopic (exact) mass is 245 g/mol. The summed E-state index contributed by atoms with van der Waals surface area (Å²) in [6.07, 6.45) is 4.26. The van der Waals surface area contributed by atoms with E-state index in [1.165, 1.54) is 10.9 Å². The Labute approximate surface area is 107 Å². The van der Waals surface area contributed by atoms with E-state index < -0.39 is 0 Å². The van der Waals surface area contributed by atoms with Crippen LogP contribution in [-0.4, -0.2) is 29.5 Å². The topological polar surface area (TPSA) is 39.1 Å². The molecule has 1 aliphatic heterocycles. The minimum absolute atomic E-state index is 0.529. The number of nitrogens with one attached hydrogen (secondary N) is 1. The molecule has 1 saturated heterocycles. The summed E-state index contributed by atoms with van der Waals surface area (Å²) in [5, 5.41) is 9.11. The maximum Gasteiger partial charge on any atom is 0.120 e. The van der Waals surface area contributed by atoms with Crippen molar-refractivity contribution in [2.24, 2.45) is 0 Å². The molecule has 0 aliphatic carbocycles. The summed E-state index contributed by atoms with van der Waals surface area (Å²) >= 11 is 0. The van der Waals surface area contributed by atoms with Gasteiger partial charge in [-0.1, -0.05) is 0 Å². The van der Waals surface area contributed by atoms with Gasteiger partial charge in [-0.15, -0.1) is 0 Å². The molecule has 0 saturated carbocycles. The van der Waals surface area contributed by atoms with Crippen molar-refractivity contribution >= 4 is 10.9 Å². The van der Waals surface area contributed by atoms with E-state index in [0.717, 1.165) is 31.7 Å². The molecule has 0 atom stereocenters. The number of hydrogen-bond acceptors (Lipinski definition) is 3. The van der Waals surface area contributed by atoms with Gasteiger partial charge in [0, 0.05) is 5.39 Å². The van der Waals surface area contributed by atoms with Gasteiger partial charge in [0.2, 0.25) is 0 Å². The van der Waals surface area contributed by atoms with Crippen LogP contribution in [0.4, 0.5) is 0 Å². The van der Waals surface area contributed by atoms with Crippen LogP contribution in [0.1, 0.15) is 25.8 Å². The number of piperidine rings is 1. The van der Waals surface area contributed by atoms with Crippen molar-refractivity contribution in [3.63, 3.8) is 0 Å². The fourth-order valence-corrected chi connectivity index (χ4v) is 2.63. The quantitative estimate of drug-likeness (QED) is 0.902. The summed E-state index contributed by atoms with van der Waals surface area (Å²) in [6, 6.07) is 6.76. The highest BCUT2D eigenvalue weighted by atomic mass is 16.5. The zero-order valence-electron chi connectivity index (χ0n) is 10.7. The first-order valence-corrected chi connectivity index (χ1v) is 6.69. The van der Waals surface area contributed by atoms with Crippen LogP contribution in [0.5, 0.6) is 5.75 Å². The van der Waals surface area contributed by atoms with E-state index >= 15 is 0 Å². The fraction of sp³-hybridized carbons (Fsp3) is 0.500. The lowest BCUT2D eigenvalue weighted by Crippen LogP contribution is -2.29. The molecule has 1 aromatic heterocycles. The first kappa shape index (κ1) is 11.5. The second kappa shape index (κ2) is 4.98. The molecular weight excluding hydrogens is 226 g/mol. The van der Waals surface area contributed by atoms with E-state index in [1.807, 2.05) is 19.2 Å². The van der Waals surface area contributed by atoms with Gasteiger partial charge in [0.05, 0.1) is 24.4 Å². The van der Waals surface area contributed by atoms with Crippen LogP contribution >= 0.6 is 0 Å². The molecule has 0 radical (unpaired) electrons. The molecular formula is C14H19N3O. The highest BCUT2D eigenvalue weighted by molar-refractivity contribution is 5.80. The highest BCUT2D eigenvalue weighted by Gasteiger charge is 2.17. The maximum atomic E-state index is 5.52. The van der Waals surface area contributed by atoms with E-state index in [2.05, 4.69) is 27.2 Å². The number of nitrogens with zero attached hydrogens (tertiary/aromatic N) is 2. The van der Waals surface area contributed by atoms with Crippen LogP contribution in [0, 0.1) is 0 Å². The Bertz CT molecular complexity index is 529. The normalized spacial score (nSPS) is 17.2. The number of hydrogen-bond donors (Lipinski definition) is 1. The molecule has 1 aliphatic rings. The van der Waals surface area contributed by atoms with Crippen molar-refractivity contribution in [2.45, 2.75) is 25.8 Å². The lowest BCUT2D eigenvalue weighted by molar-refractivity contribution is 0.340. The standard InChI is InChI=1S/C14H19N3O/c1-2-18-13-3-4-14-11(9-13)10-16-17(14)12-5-7-15-8-6-12/h3-4,9-10,12,15H,2,5-8H2,1H3. The Morgan fingerprint density at radius 2 is 2.22 bits per heavy atom. The molecule has 96 valence electrons. The molecule has 2 aromatic rings. The number of aromatic nitrogens is 2. The summed E-state index contributed by atoms with van der Waals surface area (Å²) in [6.45, 7) is 4.88. The molecule has 0 bridgehead atoms. The summed E-state index contributed by atoms with van der Waals surface area (Å²) in [7, 11) is 0. The molecule has 0 amide bonds. The molecule has 3 rings (SSSR count). The van der Waals surface area contributed by atoms with Gasteiger partial charge in [-0.2, -0.15) is 5.10 Å². The lowest BCUT2D eigenvalue weighted by atomic mass is 10.1. The summed E-state index contributed by atoms with van der Waals surface area (Å²) in [5.74, 6) is 0.926. The van der Waals surface area contributed by atoms with Crippen molar-refractivity contribution < 1.29 is 4.74 Å². The van der Waals surface area contributed by atoms with E-state index in [4.69, 9.17) is 4.74 Å². The Morgan fingerprint density at radius 1 is 1.39 bits per heavy atom. The van der Waals surface area contributed by atoms with Crippen LogP contribution in [-0.2, 0) is 0 Å². The maximum absolute atomic E-state index is 5.52. The smallest absolute Gasteiger partial charge is 0.120 e. The summed E-state index contributed by atoms with van der Waals surface area (Å²) in [5.41, 5.74) is 1.21. The lowest BCUT2D eigenvalue weighted by Gasteiger charge is -2.23. The molecule has 1 aromatic carbocycles. The van der Waals surface area contributed by atoms with E-state index in [0.29, 0.717) is 12.6 Å². The Morgan fingerprint density at radius 3 is 3.00 bits per heavy atom. The second-order valence-electron chi connectivity index (χ2n) is 4.72. The summed E-state index contributed by atoms with van der Waals surface area (Å²) in [4.78, 5) is 0. The number of benzene rings is 1.